The molecule has 0 aliphatic rings. The average Bonchev–Trinajstić information content (AvgIpc) is 2.37. The van der Waals surface area contributed by atoms with Crippen LogP contribution >= 0.6 is 11.8 Å². The summed E-state index contributed by atoms with van der Waals surface area (Å²) in [7, 11) is 4.41. The Labute approximate surface area is 110 Å². The van der Waals surface area contributed by atoms with Gasteiger partial charge in [-0.2, -0.15) is 9.97 Å². The minimum absolute atomic E-state index is 0.00858. The van der Waals surface area contributed by atoms with Gasteiger partial charge in [-0.05, 0) is 0 Å². The highest BCUT2D eigenvalue weighted by atomic mass is 32.2. The Morgan fingerprint density at radius 1 is 1.28 bits per heavy atom. The van der Waals surface area contributed by atoms with Gasteiger partial charge in [-0.25, -0.2) is 0 Å². The van der Waals surface area contributed by atoms with Crippen molar-refractivity contribution in [1.29, 1.82) is 0 Å². The smallest absolute Gasteiger partial charge is 0.306 e. The number of hydrogen-bond acceptors (Lipinski definition) is 7. The van der Waals surface area contributed by atoms with Gasteiger partial charge in [-0.15, -0.1) is 0 Å². The number of ether oxygens (including phenoxy) is 3. The highest BCUT2D eigenvalue weighted by molar-refractivity contribution is 7.99. The van der Waals surface area contributed by atoms with Gasteiger partial charge in [-0.3, -0.25) is 4.79 Å². The molecule has 0 amide bonds. The molecule has 1 atom stereocenters. The van der Waals surface area contributed by atoms with E-state index in [0.717, 1.165) is 0 Å². The van der Waals surface area contributed by atoms with Gasteiger partial charge in [0.2, 0.25) is 11.8 Å². The van der Waals surface area contributed by atoms with Gasteiger partial charge in [0, 0.05) is 5.25 Å². The fourth-order valence-corrected chi connectivity index (χ4v) is 2.05. The first kappa shape index (κ1) is 14.6. The molecule has 0 saturated carbocycles. The molecule has 0 bridgehead atoms. The second-order valence-corrected chi connectivity index (χ2v) is 4.85. The number of thioether (sulfide) groups is 1. The van der Waals surface area contributed by atoms with Crippen LogP contribution in [0, 0.1) is 0 Å². The monoisotopic (exact) mass is 272 g/mol. The van der Waals surface area contributed by atoms with Crippen LogP contribution in [-0.2, 0) is 9.53 Å². The van der Waals surface area contributed by atoms with Crippen LogP contribution in [0.1, 0.15) is 13.3 Å². The molecule has 7 heteroatoms. The molecule has 18 heavy (non-hydrogen) atoms. The van der Waals surface area contributed by atoms with Crippen LogP contribution in [0.3, 0.4) is 0 Å². The van der Waals surface area contributed by atoms with Gasteiger partial charge in [-0.1, -0.05) is 18.7 Å². The third kappa shape index (κ3) is 4.40. The van der Waals surface area contributed by atoms with Crippen LogP contribution in [0.15, 0.2) is 11.2 Å². The topological polar surface area (TPSA) is 70.5 Å². The van der Waals surface area contributed by atoms with Crippen LogP contribution < -0.4 is 9.47 Å². The highest BCUT2D eigenvalue weighted by Crippen LogP contribution is 2.26. The largest absolute Gasteiger partial charge is 0.481 e. The Kier molecular flexibility index (Phi) is 5.70. The molecule has 1 rings (SSSR count). The first-order valence-electron chi connectivity index (χ1n) is 5.29. The molecule has 1 aromatic heterocycles. The second-order valence-electron chi connectivity index (χ2n) is 3.44. The summed E-state index contributed by atoms with van der Waals surface area (Å²) in [4.78, 5) is 19.5. The van der Waals surface area contributed by atoms with Gasteiger partial charge in [0.1, 0.15) is 0 Å². The maximum Gasteiger partial charge on any atom is 0.306 e. The SMILES string of the molecule is COC(=O)CC(C)Sc1nc(OC)cc(OC)n1. The number of hydrogen-bond donors (Lipinski definition) is 0. The van der Waals surface area contributed by atoms with Crippen molar-refractivity contribution in [2.45, 2.75) is 23.8 Å². The molecule has 100 valence electrons. The molecular formula is C11H16N2O4S. The fraction of sp³-hybridized carbons (Fsp3) is 0.545. The van der Waals surface area contributed by atoms with E-state index in [1.807, 2.05) is 6.92 Å². The molecule has 1 heterocycles. The quantitative estimate of drug-likeness (QED) is 0.442. The van der Waals surface area contributed by atoms with E-state index >= 15 is 0 Å². The summed E-state index contributed by atoms with van der Waals surface area (Å²) in [6, 6.07) is 1.59. The molecule has 1 aromatic rings. The number of nitrogens with zero attached hydrogens (tertiary/aromatic N) is 2. The fourth-order valence-electron chi connectivity index (χ4n) is 1.19. The van der Waals surface area contributed by atoms with Crippen LogP contribution in [0.25, 0.3) is 0 Å². The van der Waals surface area contributed by atoms with Gasteiger partial charge in [0.05, 0.1) is 33.8 Å². The summed E-state index contributed by atoms with van der Waals surface area (Å²) < 4.78 is 14.7. The third-order valence-electron chi connectivity index (χ3n) is 2.07. The van der Waals surface area contributed by atoms with E-state index in [1.54, 1.807) is 6.07 Å². The molecule has 0 N–H and O–H groups in total. The zero-order valence-electron chi connectivity index (χ0n) is 10.8. The number of aromatic nitrogens is 2. The van der Waals surface area contributed by atoms with E-state index in [0.29, 0.717) is 23.3 Å². The van der Waals surface area contributed by atoms with Crippen molar-refractivity contribution in [2.24, 2.45) is 0 Å². The average molecular weight is 272 g/mol. The summed E-state index contributed by atoms with van der Waals surface area (Å²) in [5.74, 6) is 0.592. The summed E-state index contributed by atoms with van der Waals surface area (Å²) in [5.41, 5.74) is 0. The maximum absolute atomic E-state index is 11.1. The highest BCUT2D eigenvalue weighted by Gasteiger charge is 2.14. The van der Waals surface area contributed by atoms with Crippen molar-refractivity contribution in [3.8, 4) is 11.8 Å². The van der Waals surface area contributed by atoms with Crippen molar-refractivity contribution in [1.82, 2.24) is 9.97 Å². The Hall–Kier alpha value is -1.50. The zero-order valence-corrected chi connectivity index (χ0v) is 11.6. The zero-order chi connectivity index (χ0) is 13.5. The van der Waals surface area contributed by atoms with Gasteiger partial charge in [0.15, 0.2) is 5.16 Å². The van der Waals surface area contributed by atoms with E-state index in [9.17, 15) is 4.79 Å². The summed E-state index contributed by atoms with van der Waals surface area (Å²) >= 11 is 1.36. The van der Waals surface area contributed by atoms with Gasteiger partial charge in [0.25, 0.3) is 0 Å². The van der Waals surface area contributed by atoms with Crippen LogP contribution in [0.2, 0.25) is 0 Å². The lowest BCUT2D eigenvalue weighted by atomic mass is 10.3. The predicted molar refractivity (Wildman–Crippen MR) is 67.1 cm³/mol. The van der Waals surface area contributed by atoms with E-state index in [1.165, 1.54) is 33.1 Å². The number of methoxy groups -OCH3 is 3. The third-order valence-corrected chi connectivity index (χ3v) is 3.03. The normalized spacial score (nSPS) is 11.8. The first-order chi connectivity index (χ1) is 8.58. The van der Waals surface area contributed by atoms with Crippen molar-refractivity contribution in [3.63, 3.8) is 0 Å². The van der Waals surface area contributed by atoms with Crippen LogP contribution in [0.4, 0.5) is 0 Å². The Morgan fingerprint density at radius 2 is 1.83 bits per heavy atom. The summed E-state index contributed by atoms with van der Waals surface area (Å²) in [5, 5.41) is 0.511. The lowest BCUT2D eigenvalue weighted by molar-refractivity contribution is -0.140. The molecule has 0 fully saturated rings. The minimum Gasteiger partial charge on any atom is -0.481 e. The molecule has 0 saturated heterocycles. The number of carbonyl (C=O) groups excluding carboxylic acids is 1. The molecule has 0 radical (unpaired) electrons. The standard InChI is InChI=1S/C11H16N2O4S/c1-7(5-10(14)17-4)18-11-12-8(15-2)6-9(13-11)16-3/h6-7H,5H2,1-4H3. The van der Waals surface area contributed by atoms with Crippen molar-refractivity contribution in [3.05, 3.63) is 6.07 Å². The molecule has 0 aliphatic carbocycles. The molecule has 0 aliphatic heterocycles. The summed E-state index contributed by atoms with van der Waals surface area (Å²) in [6.45, 7) is 1.90. The van der Waals surface area contributed by atoms with E-state index in [2.05, 4.69) is 14.7 Å². The van der Waals surface area contributed by atoms with Crippen molar-refractivity contribution >= 4 is 17.7 Å². The number of rotatable bonds is 6. The maximum atomic E-state index is 11.1. The Morgan fingerprint density at radius 3 is 2.28 bits per heavy atom. The van der Waals surface area contributed by atoms with Gasteiger partial charge >= 0.3 is 5.97 Å². The van der Waals surface area contributed by atoms with Crippen molar-refractivity contribution in [2.75, 3.05) is 21.3 Å². The molecule has 1 unspecified atom stereocenters. The predicted octanol–water partition coefficient (Wildman–Crippen LogP) is 1.54. The second kappa shape index (κ2) is 7.05. The Balaban J connectivity index is 2.73. The molecule has 0 aromatic carbocycles. The molecule has 6 nitrogen and oxygen atoms in total. The van der Waals surface area contributed by atoms with E-state index in [-0.39, 0.29) is 11.2 Å². The number of esters is 1. The van der Waals surface area contributed by atoms with E-state index < -0.39 is 0 Å². The molecular weight excluding hydrogens is 256 g/mol. The van der Waals surface area contributed by atoms with Gasteiger partial charge < -0.3 is 14.2 Å². The minimum atomic E-state index is -0.259. The van der Waals surface area contributed by atoms with Crippen LogP contribution in [0.5, 0.6) is 11.8 Å². The van der Waals surface area contributed by atoms with E-state index in [4.69, 9.17) is 9.47 Å². The number of carbonyl (C=O) groups is 1. The molecule has 0 spiro atoms. The lowest BCUT2D eigenvalue weighted by Gasteiger charge is -2.10. The first-order valence-corrected chi connectivity index (χ1v) is 6.17. The Bertz CT molecular complexity index is 392. The van der Waals surface area contributed by atoms with Crippen LogP contribution in [-0.4, -0.2) is 42.5 Å². The van der Waals surface area contributed by atoms with Crippen molar-refractivity contribution < 1.29 is 19.0 Å². The lowest BCUT2D eigenvalue weighted by Crippen LogP contribution is -2.09. The summed E-state index contributed by atoms with van der Waals surface area (Å²) in [6.07, 6.45) is 0.296.